The van der Waals surface area contributed by atoms with E-state index in [-0.39, 0.29) is 12.1 Å². The van der Waals surface area contributed by atoms with Crippen molar-refractivity contribution in [3.63, 3.8) is 0 Å². The largest absolute Gasteiger partial charge is 0.443 e. The predicted octanol–water partition coefficient (Wildman–Crippen LogP) is 4.14. The summed E-state index contributed by atoms with van der Waals surface area (Å²) in [4.78, 5) is 21.7. The smallest absolute Gasteiger partial charge is 0.416 e. The SMILES string of the molecule is CCN1CCC[C@H]1c1cccnc1N(C(=O)OC(C)(C)C)C1CC1. The van der Waals surface area contributed by atoms with Crippen LogP contribution >= 0.6 is 0 Å². The molecule has 1 saturated carbocycles. The summed E-state index contributed by atoms with van der Waals surface area (Å²) < 4.78 is 5.66. The van der Waals surface area contributed by atoms with Crippen molar-refractivity contribution in [1.29, 1.82) is 0 Å². The van der Waals surface area contributed by atoms with Crippen molar-refractivity contribution in [1.82, 2.24) is 9.88 Å². The summed E-state index contributed by atoms with van der Waals surface area (Å²) in [5, 5.41) is 0. The summed E-state index contributed by atoms with van der Waals surface area (Å²) >= 11 is 0. The number of amides is 1. The van der Waals surface area contributed by atoms with Gasteiger partial charge in [0.25, 0.3) is 0 Å². The van der Waals surface area contributed by atoms with Gasteiger partial charge in [-0.2, -0.15) is 0 Å². The van der Waals surface area contributed by atoms with Crippen LogP contribution in [0.1, 0.15) is 65.0 Å². The zero-order valence-corrected chi connectivity index (χ0v) is 15.3. The van der Waals surface area contributed by atoms with E-state index in [4.69, 9.17) is 4.74 Å². The Morgan fingerprint density at radius 1 is 1.38 bits per heavy atom. The minimum Gasteiger partial charge on any atom is -0.443 e. The van der Waals surface area contributed by atoms with Gasteiger partial charge in [0.1, 0.15) is 11.4 Å². The molecule has 2 aliphatic rings. The summed E-state index contributed by atoms with van der Waals surface area (Å²) in [5.41, 5.74) is 0.664. The maximum Gasteiger partial charge on any atom is 0.416 e. The number of ether oxygens (including phenoxy) is 1. The molecule has 0 unspecified atom stereocenters. The first kappa shape index (κ1) is 17.2. The maximum absolute atomic E-state index is 12.8. The van der Waals surface area contributed by atoms with Crippen LogP contribution < -0.4 is 4.90 Å². The highest BCUT2D eigenvalue weighted by Gasteiger charge is 2.40. The van der Waals surface area contributed by atoms with Gasteiger partial charge in [-0.25, -0.2) is 9.78 Å². The molecule has 0 spiro atoms. The van der Waals surface area contributed by atoms with E-state index in [1.807, 2.05) is 26.8 Å². The molecule has 2 heterocycles. The Morgan fingerprint density at radius 2 is 2.12 bits per heavy atom. The molecule has 1 amide bonds. The third kappa shape index (κ3) is 3.72. The molecule has 1 aromatic heterocycles. The van der Waals surface area contributed by atoms with Gasteiger partial charge in [-0.15, -0.1) is 0 Å². The quantitative estimate of drug-likeness (QED) is 0.832. The van der Waals surface area contributed by atoms with Gasteiger partial charge in [0, 0.05) is 23.8 Å². The highest BCUT2D eigenvalue weighted by Crippen LogP contribution is 2.40. The van der Waals surface area contributed by atoms with Crippen LogP contribution in [0.5, 0.6) is 0 Å². The molecule has 0 aromatic carbocycles. The Balaban J connectivity index is 1.93. The number of nitrogens with zero attached hydrogens (tertiary/aromatic N) is 3. The molecule has 1 aromatic rings. The summed E-state index contributed by atoms with van der Waals surface area (Å²) in [6, 6.07) is 4.68. The first-order chi connectivity index (χ1) is 11.4. The molecule has 3 rings (SSSR count). The van der Waals surface area contributed by atoms with Crippen LogP contribution in [0, 0.1) is 0 Å². The fourth-order valence-electron chi connectivity index (χ4n) is 3.48. The fourth-order valence-corrected chi connectivity index (χ4v) is 3.48. The lowest BCUT2D eigenvalue weighted by Gasteiger charge is -2.31. The van der Waals surface area contributed by atoms with E-state index in [0.29, 0.717) is 6.04 Å². The fraction of sp³-hybridized carbons (Fsp3) is 0.684. The molecular weight excluding hydrogens is 302 g/mol. The molecule has 5 heteroatoms. The van der Waals surface area contributed by atoms with Crippen molar-refractivity contribution >= 4 is 11.9 Å². The molecule has 0 radical (unpaired) electrons. The van der Waals surface area contributed by atoms with Crippen molar-refractivity contribution < 1.29 is 9.53 Å². The number of aromatic nitrogens is 1. The second kappa shape index (κ2) is 6.71. The minimum atomic E-state index is -0.498. The summed E-state index contributed by atoms with van der Waals surface area (Å²) in [7, 11) is 0. The van der Waals surface area contributed by atoms with Crippen LogP contribution in [0.3, 0.4) is 0 Å². The van der Waals surface area contributed by atoms with Crippen molar-refractivity contribution in [3.8, 4) is 0 Å². The number of pyridine rings is 1. The topological polar surface area (TPSA) is 45.7 Å². The minimum absolute atomic E-state index is 0.227. The average Bonchev–Trinajstić information content (AvgIpc) is 3.22. The van der Waals surface area contributed by atoms with Gasteiger partial charge in [-0.3, -0.25) is 9.80 Å². The number of likely N-dealkylation sites (tertiary alicyclic amines) is 1. The molecule has 0 N–H and O–H groups in total. The maximum atomic E-state index is 12.8. The summed E-state index contributed by atoms with van der Waals surface area (Å²) in [6.07, 6.45) is 5.88. The zero-order chi connectivity index (χ0) is 17.3. The number of carbonyl (C=O) groups is 1. The number of anilines is 1. The van der Waals surface area contributed by atoms with Crippen LogP contribution in [-0.2, 0) is 4.74 Å². The van der Waals surface area contributed by atoms with Gasteiger partial charge in [-0.1, -0.05) is 13.0 Å². The Hall–Kier alpha value is -1.62. The molecule has 5 nitrogen and oxygen atoms in total. The van der Waals surface area contributed by atoms with Crippen LogP contribution in [0.15, 0.2) is 18.3 Å². The normalized spacial score (nSPS) is 21.8. The molecule has 132 valence electrons. The van der Waals surface area contributed by atoms with Crippen molar-refractivity contribution in [3.05, 3.63) is 23.9 Å². The van der Waals surface area contributed by atoms with Crippen molar-refractivity contribution in [2.24, 2.45) is 0 Å². The van der Waals surface area contributed by atoms with Crippen LogP contribution in [0.25, 0.3) is 0 Å². The Labute approximate surface area is 145 Å². The van der Waals surface area contributed by atoms with Crippen LogP contribution in [0.2, 0.25) is 0 Å². The van der Waals surface area contributed by atoms with E-state index in [1.165, 1.54) is 6.42 Å². The first-order valence-corrected chi connectivity index (χ1v) is 9.12. The number of hydrogen-bond donors (Lipinski definition) is 0. The molecule has 1 atom stereocenters. The average molecular weight is 331 g/mol. The lowest BCUT2D eigenvalue weighted by molar-refractivity contribution is 0.0576. The van der Waals surface area contributed by atoms with E-state index in [9.17, 15) is 4.79 Å². The van der Waals surface area contributed by atoms with Gasteiger partial charge >= 0.3 is 6.09 Å². The number of rotatable bonds is 4. The predicted molar refractivity (Wildman–Crippen MR) is 95.2 cm³/mol. The van der Waals surface area contributed by atoms with Crippen LogP contribution in [-0.4, -0.2) is 40.7 Å². The number of carbonyl (C=O) groups excluding carboxylic acids is 1. The standard InChI is InChI=1S/C19H29N3O2/c1-5-21-13-7-9-16(21)15-8-6-12-20-17(15)22(14-10-11-14)18(23)24-19(2,3)4/h6,8,12,14,16H,5,7,9-11,13H2,1-4H3/t16-/m0/s1. The first-order valence-electron chi connectivity index (χ1n) is 9.12. The third-order valence-corrected chi connectivity index (χ3v) is 4.68. The van der Waals surface area contributed by atoms with Gasteiger partial charge in [-0.05, 0) is 65.6 Å². The molecule has 2 fully saturated rings. The van der Waals surface area contributed by atoms with Crippen molar-refractivity contribution in [2.45, 2.75) is 71.1 Å². The van der Waals surface area contributed by atoms with Gasteiger partial charge in [0.15, 0.2) is 0 Å². The Kier molecular flexibility index (Phi) is 4.81. The van der Waals surface area contributed by atoms with Crippen LogP contribution in [0.4, 0.5) is 10.6 Å². The highest BCUT2D eigenvalue weighted by atomic mass is 16.6. The Bertz CT molecular complexity index is 593. The molecule has 1 aliphatic carbocycles. The molecular formula is C19H29N3O2. The van der Waals surface area contributed by atoms with Crippen molar-refractivity contribution in [2.75, 3.05) is 18.0 Å². The molecule has 0 bridgehead atoms. The van der Waals surface area contributed by atoms with E-state index in [1.54, 1.807) is 11.1 Å². The van der Waals surface area contributed by atoms with E-state index >= 15 is 0 Å². The number of hydrogen-bond acceptors (Lipinski definition) is 4. The second-order valence-corrected chi connectivity index (χ2v) is 7.78. The lowest BCUT2D eigenvalue weighted by atomic mass is 10.0. The lowest BCUT2D eigenvalue weighted by Crippen LogP contribution is -2.40. The van der Waals surface area contributed by atoms with Gasteiger partial charge in [0.2, 0.25) is 0 Å². The molecule has 24 heavy (non-hydrogen) atoms. The zero-order valence-electron chi connectivity index (χ0n) is 15.3. The summed E-state index contributed by atoms with van der Waals surface area (Å²) in [5.74, 6) is 0.791. The van der Waals surface area contributed by atoms with E-state index in [0.717, 1.165) is 43.7 Å². The Morgan fingerprint density at radius 3 is 2.75 bits per heavy atom. The van der Waals surface area contributed by atoms with Gasteiger partial charge < -0.3 is 4.74 Å². The monoisotopic (exact) mass is 331 g/mol. The second-order valence-electron chi connectivity index (χ2n) is 7.78. The third-order valence-electron chi connectivity index (χ3n) is 4.68. The molecule has 1 saturated heterocycles. The summed E-state index contributed by atoms with van der Waals surface area (Å²) in [6.45, 7) is 10.1. The van der Waals surface area contributed by atoms with E-state index in [2.05, 4.69) is 22.9 Å². The molecule has 1 aliphatic heterocycles. The van der Waals surface area contributed by atoms with Gasteiger partial charge in [0.05, 0.1) is 0 Å². The highest BCUT2D eigenvalue weighted by molar-refractivity contribution is 5.89. The van der Waals surface area contributed by atoms with E-state index < -0.39 is 5.60 Å².